The van der Waals surface area contributed by atoms with Crippen molar-refractivity contribution in [2.45, 2.75) is 9.79 Å². The van der Waals surface area contributed by atoms with Crippen molar-refractivity contribution in [3.63, 3.8) is 0 Å². The highest BCUT2D eigenvalue weighted by molar-refractivity contribution is 14.1. The molecular formula is C17H15IN4O5S2. The highest BCUT2D eigenvalue weighted by Gasteiger charge is 2.18. The number of hydrogen-bond acceptors (Lipinski definition) is 7. The first-order valence-electron chi connectivity index (χ1n) is 7.97. The van der Waals surface area contributed by atoms with Crippen molar-refractivity contribution in [2.24, 2.45) is 0 Å². The van der Waals surface area contributed by atoms with Crippen LogP contribution in [0.25, 0.3) is 0 Å². The van der Waals surface area contributed by atoms with Crippen LogP contribution in [0.4, 0.5) is 11.6 Å². The zero-order valence-electron chi connectivity index (χ0n) is 14.9. The highest BCUT2D eigenvalue weighted by atomic mass is 127. The Labute approximate surface area is 181 Å². The lowest BCUT2D eigenvalue weighted by Crippen LogP contribution is -2.15. The zero-order chi connectivity index (χ0) is 21.1. The summed E-state index contributed by atoms with van der Waals surface area (Å²) in [6.07, 6.45) is 2.81. The molecule has 0 radical (unpaired) electrons. The topological polar surface area (TPSA) is 127 Å². The maximum absolute atomic E-state index is 12.6. The highest BCUT2D eigenvalue weighted by Crippen LogP contribution is 2.25. The van der Waals surface area contributed by atoms with Gasteiger partial charge in [-0.1, -0.05) is 0 Å². The molecule has 0 saturated carbocycles. The molecule has 3 rings (SSSR count). The number of rotatable bonds is 7. The van der Waals surface area contributed by atoms with E-state index in [1.807, 2.05) is 22.6 Å². The van der Waals surface area contributed by atoms with E-state index in [1.54, 1.807) is 12.1 Å². The van der Waals surface area contributed by atoms with Crippen molar-refractivity contribution >= 4 is 54.3 Å². The third-order valence-corrected chi connectivity index (χ3v) is 7.21. The van der Waals surface area contributed by atoms with Crippen molar-refractivity contribution in [3.05, 3.63) is 64.5 Å². The minimum absolute atomic E-state index is 0.0577. The average Bonchev–Trinajstić information content (AvgIpc) is 2.68. The molecule has 1 aromatic heterocycles. The summed E-state index contributed by atoms with van der Waals surface area (Å²) in [7, 11) is -6.26. The first-order valence-corrected chi connectivity index (χ1v) is 12.0. The maximum Gasteiger partial charge on any atom is 0.264 e. The van der Waals surface area contributed by atoms with Gasteiger partial charge in [0, 0.05) is 18.1 Å². The summed E-state index contributed by atoms with van der Waals surface area (Å²) in [4.78, 5) is 7.61. The number of aromatic nitrogens is 2. The van der Waals surface area contributed by atoms with Crippen LogP contribution in [0.1, 0.15) is 0 Å². The Balaban J connectivity index is 1.79. The summed E-state index contributed by atoms with van der Waals surface area (Å²) < 4.78 is 60.3. The van der Waals surface area contributed by atoms with Gasteiger partial charge in [-0.2, -0.15) is 0 Å². The number of sulfonamides is 2. The quantitative estimate of drug-likeness (QED) is 0.437. The number of nitrogens with zero attached hydrogens (tertiary/aromatic N) is 2. The smallest absolute Gasteiger partial charge is 0.264 e. The lowest BCUT2D eigenvalue weighted by molar-refractivity contribution is 0.411. The Morgan fingerprint density at radius 1 is 0.862 bits per heavy atom. The van der Waals surface area contributed by atoms with E-state index in [0.29, 0.717) is 9.32 Å². The molecule has 12 heteroatoms. The second kappa shape index (κ2) is 8.51. The minimum Gasteiger partial charge on any atom is -0.496 e. The van der Waals surface area contributed by atoms with Gasteiger partial charge in [0.25, 0.3) is 20.0 Å². The van der Waals surface area contributed by atoms with Crippen LogP contribution in [0.5, 0.6) is 5.75 Å². The van der Waals surface area contributed by atoms with Gasteiger partial charge in [-0.05, 0) is 71.1 Å². The summed E-state index contributed by atoms with van der Waals surface area (Å²) in [5, 5.41) is 0. The molecule has 0 atom stereocenters. The normalized spacial score (nSPS) is 11.7. The Morgan fingerprint density at radius 2 is 1.45 bits per heavy atom. The Bertz CT molecular complexity index is 1220. The lowest BCUT2D eigenvalue weighted by Gasteiger charge is -2.11. The first-order chi connectivity index (χ1) is 13.7. The summed E-state index contributed by atoms with van der Waals surface area (Å²) in [6, 6.07) is 11.3. The Morgan fingerprint density at radius 3 is 2.03 bits per heavy atom. The Kier molecular flexibility index (Phi) is 6.24. The van der Waals surface area contributed by atoms with Crippen molar-refractivity contribution in [1.82, 2.24) is 9.97 Å². The van der Waals surface area contributed by atoms with Crippen LogP contribution in [0.3, 0.4) is 0 Å². The average molecular weight is 546 g/mol. The van der Waals surface area contributed by atoms with Gasteiger partial charge >= 0.3 is 0 Å². The van der Waals surface area contributed by atoms with Crippen LogP contribution in [0.2, 0.25) is 0 Å². The van der Waals surface area contributed by atoms with Crippen LogP contribution in [-0.2, 0) is 20.0 Å². The molecule has 0 aliphatic rings. The fourth-order valence-corrected chi connectivity index (χ4v) is 5.25. The number of methoxy groups -OCH3 is 1. The molecule has 0 fully saturated rings. The number of anilines is 2. The van der Waals surface area contributed by atoms with Gasteiger partial charge in [-0.3, -0.25) is 4.72 Å². The van der Waals surface area contributed by atoms with Gasteiger partial charge in [0.1, 0.15) is 5.75 Å². The fourth-order valence-electron chi connectivity index (χ4n) is 2.26. The number of ether oxygens (including phenoxy) is 1. The number of nitrogens with one attached hydrogen (secondary N) is 2. The summed E-state index contributed by atoms with van der Waals surface area (Å²) >= 11 is 1.98. The summed E-state index contributed by atoms with van der Waals surface area (Å²) in [6.45, 7) is 0. The molecule has 152 valence electrons. The van der Waals surface area contributed by atoms with Crippen LogP contribution in [0.15, 0.2) is 70.7 Å². The van der Waals surface area contributed by atoms with E-state index < -0.39 is 20.0 Å². The largest absolute Gasteiger partial charge is 0.496 e. The number of halogens is 1. The SMILES string of the molecule is COc1ccc(S(=O)(=O)Nc2ccc(S(=O)(=O)Nc3ncccn3)cc2)cc1I. The molecule has 0 spiro atoms. The van der Waals surface area contributed by atoms with E-state index in [1.165, 1.54) is 55.9 Å². The standard InChI is InChI=1S/C17H15IN4O5S2/c1-27-16-8-7-14(11-15(16)18)29(25,26)21-12-3-5-13(6-4-12)28(23,24)22-17-19-9-2-10-20-17/h2-11,21H,1H3,(H,19,20,22). The van der Waals surface area contributed by atoms with Gasteiger partial charge in [-0.25, -0.2) is 31.5 Å². The van der Waals surface area contributed by atoms with Crippen LogP contribution >= 0.6 is 22.6 Å². The van der Waals surface area contributed by atoms with E-state index in [4.69, 9.17) is 4.74 Å². The molecule has 29 heavy (non-hydrogen) atoms. The van der Waals surface area contributed by atoms with Gasteiger partial charge in [-0.15, -0.1) is 0 Å². The molecule has 0 amide bonds. The third-order valence-electron chi connectivity index (χ3n) is 3.64. The summed E-state index contributed by atoms with van der Waals surface area (Å²) in [5.41, 5.74) is 0.214. The van der Waals surface area contributed by atoms with E-state index >= 15 is 0 Å². The molecule has 0 bridgehead atoms. The molecule has 2 aromatic carbocycles. The molecular weight excluding hydrogens is 531 g/mol. The van der Waals surface area contributed by atoms with Crippen molar-refractivity contribution in [1.29, 1.82) is 0 Å². The lowest BCUT2D eigenvalue weighted by atomic mass is 10.3. The molecule has 0 unspecified atom stereocenters. The molecule has 9 nitrogen and oxygen atoms in total. The first kappa shape index (κ1) is 21.3. The molecule has 0 saturated heterocycles. The predicted molar refractivity (Wildman–Crippen MR) is 116 cm³/mol. The van der Waals surface area contributed by atoms with Crippen LogP contribution in [0, 0.1) is 3.57 Å². The maximum atomic E-state index is 12.6. The van der Waals surface area contributed by atoms with Gasteiger partial charge in [0.15, 0.2) is 0 Å². The van der Waals surface area contributed by atoms with Crippen molar-refractivity contribution < 1.29 is 21.6 Å². The monoisotopic (exact) mass is 546 g/mol. The van der Waals surface area contributed by atoms with E-state index in [2.05, 4.69) is 19.4 Å². The van der Waals surface area contributed by atoms with E-state index in [-0.39, 0.29) is 21.4 Å². The molecule has 0 aliphatic carbocycles. The Hall–Kier alpha value is -2.45. The molecule has 1 heterocycles. The molecule has 2 N–H and O–H groups in total. The van der Waals surface area contributed by atoms with Crippen LogP contribution < -0.4 is 14.2 Å². The molecule has 3 aromatic rings. The summed E-state index contributed by atoms with van der Waals surface area (Å²) in [5.74, 6) is 0.500. The van der Waals surface area contributed by atoms with Gasteiger partial charge in [0.2, 0.25) is 5.95 Å². The third kappa shape index (κ3) is 5.13. The fraction of sp³-hybridized carbons (Fsp3) is 0.0588. The number of hydrogen-bond donors (Lipinski definition) is 2. The van der Waals surface area contributed by atoms with E-state index in [9.17, 15) is 16.8 Å². The second-order valence-corrected chi connectivity index (χ2v) is 10.1. The predicted octanol–water partition coefficient (Wildman–Crippen LogP) is 2.69. The van der Waals surface area contributed by atoms with Crippen LogP contribution in [-0.4, -0.2) is 33.9 Å². The van der Waals surface area contributed by atoms with E-state index in [0.717, 1.165) is 0 Å². The van der Waals surface area contributed by atoms with Crippen molar-refractivity contribution in [3.8, 4) is 5.75 Å². The van der Waals surface area contributed by atoms with Gasteiger partial charge in [0.05, 0.1) is 20.5 Å². The minimum atomic E-state index is -3.91. The van der Waals surface area contributed by atoms with Crippen molar-refractivity contribution in [2.75, 3.05) is 16.6 Å². The zero-order valence-corrected chi connectivity index (χ0v) is 18.7. The number of benzene rings is 2. The van der Waals surface area contributed by atoms with Gasteiger partial charge < -0.3 is 4.74 Å². The second-order valence-electron chi connectivity index (χ2n) is 5.60. The molecule has 0 aliphatic heterocycles.